The van der Waals surface area contributed by atoms with Crippen molar-refractivity contribution >= 4 is 11.5 Å². The molecule has 0 fully saturated rings. The Hall–Kier alpha value is -2.54. The van der Waals surface area contributed by atoms with Crippen LogP contribution in [0.5, 0.6) is 0 Å². The Balaban J connectivity index is 1.65. The Morgan fingerprint density at radius 1 is 1.33 bits per heavy atom. The second kappa shape index (κ2) is 5.84. The van der Waals surface area contributed by atoms with E-state index in [2.05, 4.69) is 52.5 Å². The smallest absolute Gasteiger partial charge is 0.143 e. The quantitative estimate of drug-likeness (QED) is 0.934. The fraction of sp³-hybridized carbons (Fsp3) is 0.294. The molecule has 106 valence electrons. The number of fused-ring (bicyclic) bond motifs is 1. The SMILES string of the molecule is CC1Cc2ccccc2N1CCNc1ncccc1C#N. The molecule has 1 N–H and O–H groups in total. The van der Waals surface area contributed by atoms with Crippen LogP contribution in [0.3, 0.4) is 0 Å². The molecule has 21 heavy (non-hydrogen) atoms. The molecule has 0 amide bonds. The second-order valence-electron chi connectivity index (χ2n) is 5.31. The van der Waals surface area contributed by atoms with Gasteiger partial charge in [0.25, 0.3) is 0 Å². The highest BCUT2D eigenvalue weighted by Crippen LogP contribution is 2.31. The molecular weight excluding hydrogens is 260 g/mol. The van der Waals surface area contributed by atoms with Crippen molar-refractivity contribution in [2.45, 2.75) is 19.4 Å². The predicted octanol–water partition coefficient (Wildman–Crippen LogP) is 2.82. The normalized spacial score (nSPS) is 16.4. The van der Waals surface area contributed by atoms with Crippen LogP contribution in [-0.4, -0.2) is 24.1 Å². The van der Waals surface area contributed by atoms with Crippen molar-refractivity contribution in [3.05, 3.63) is 53.7 Å². The van der Waals surface area contributed by atoms with Gasteiger partial charge in [-0.2, -0.15) is 5.26 Å². The number of pyridine rings is 1. The summed E-state index contributed by atoms with van der Waals surface area (Å²) in [4.78, 5) is 6.64. The van der Waals surface area contributed by atoms with Gasteiger partial charge >= 0.3 is 0 Å². The third-order valence-electron chi connectivity index (χ3n) is 3.92. The van der Waals surface area contributed by atoms with Gasteiger partial charge < -0.3 is 10.2 Å². The standard InChI is InChI=1S/C17H18N4/c1-13-11-14-5-2-3-7-16(14)21(13)10-9-20-17-15(12-18)6-4-8-19-17/h2-8,13H,9-11H2,1H3,(H,19,20). The van der Waals surface area contributed by atoms with Crippen LogP contribution < -0.4 is 10.2 Å². The highest BCUT2D eigenvalue weighted by atomic mass is 15.2. The van der Waals surface area contributed by atoms with Gasteiger partial charge in [-0.3, -0.25) is 0 Å². The molecule has 2 aromatic rings. The Kier molecular flexibility index (Phi) is 3.74. The van der Waals surface area contributed by atoms with E-state index in [1.807, 2.05) is 0 Å². The van der Waals surface area contributed by atoms with Gasteiger partial charge in [0.2, 0.25) is 0 Å². The number of anilines is 2. The Labute approximate surface area is 125 Å². The fourth-order valence-electron chi connectivity index (χ4n) is 2.90. The fourth-order valence-corrected chi connectivity index (χ4v) is 2.90. The van der Waals surface area contributed by atoms with Crippen LogP contribution in [0.4, 0.5) is 11.5 Å². The Morgan fingerprint density at radius 3 is 3.05 bits per heavy atom. The monoisotopic (exact) mass is 278 g/mol. The lowest BCUT2D eigenvalue weighted by molar-refractivity contribution is 0.680. The highest BCUT2D eigenvalue weighted by molar-refractivity contribution is 5.59. The molecule has 1 aromatic heterocycles. The minimum atomic E-state index is 0.517. The lowest BCUT2D eigenvalue weighted by Gasteiger charge is -2.25. The average Bonchev–Trinajstić information content (AvgIpc) is 2.84. The molecular formula is C17H18N4. The maximum atomic E-state index is 9.06. The average molecular weight is 278 g/mol. The minimum Gasteiger partial charge on any atom is -0.367 e. The molecule has 1 unspecified atom stereocenters. The number of hydrogen-bond acceptors (Lipinski definition) is 4. The van der Waals surface area contributed by atoms with Crippen LogP contribution in [-0.2, 0) is 6.42 Å². The van der Waals surface area contributed by atoms with E-state index in [4.69, 9.17) is 5.26 Å². The summed E-state index contributed by atoms with van der Waals surface area (Å²) < 4.78 is 0. The number of hydrogen-bond donors (Lipinski definition) is 1. The molecule has 0 bridgehead atoms. The number of nitrogens with one attached hydrogen (secondary N) is 1. The van der Waals surface area contributed by atoms with E-state index in [0.717, 1.165) is 19.5 Å². The van der Waals surface area contributed by atoms with E-state index >= 15 is 0 Å². The third-order valence-corrected chi connectivity index (χ3v) is 3.92. The van der Waals surface area contributed by atoms with E-state index < -0.39 is 0 Å². The molecule has 0 spiro atoms. The second-order valence-corrected chi connectivity index (χ2v) is 5.31. The number of para-hydroxylation sites is 1. The van der Waals surface area contributed by atoms with Gasteiger partial charge in [-0.1, -0.05) is 18.2 Å². The maximum absolute atomic E-state index is 9.06. The van der Waals surface area contributed by atoms with Gasteiger partial charge in [0.05, 0.1) is 5.56 Å². The topological polar surface area (TPSA) is 52.0 Å². The number of benzene rings is 1. The summed E-state index contributed by atoms with van der Waals surface area (Å²) in [5.74, 6) is 0.667. The van der Waals surface area contributed by atoms with Crippen LogP contribution in [0.2, 0.25) is 0 Å². The zero-order chi connectivity index (χ0) is 14.7. The van der Waals surface area contributed by atoms with Gasteiger partial charge in [0, 0.05) is 31.0 Å². The van der Waals surface area contributed by atoms with Crippen molar-refractivity contribution in [1.82, 2.24) is 4.98 Å². The summed E-state index contributed by atoms with van der Waals surface area (Å²) in [5, 5.41) is 12.3. The van der Waals surface area contributed by atoms with E-state index in [0.29, 0.717) is 17.4 Å². The summed E-state index contributed by atoms with van der Waals surface area (Å²) >= 11 is 0. The molecule has 0 saturated heterocycles. The summed E-state index contributed by atoms with van der Waals surface area (Å²) in [6.45, 7) is 3.92. The summed E-state index contributed by atoms with van der Waals surface area (Å²) in [7, 11) is 0. The van der Waals surface area contributed by atoms with Crippen LogP contribution >= 0.6 is 0 Å². The van der Waals surface area contributed by atoms with Crippen molar-refractivity contribution in [3.8, 4) is 6.07 Å². The van der Waals surface area contributed by atoms with Crippen LogP contribution in [0, 0.1) is 11.3 Å². The number of aromatic nitrogens is 1. The first-order valence-corrected chi connectivity index (χ1v) is 7.23. The van der Waals surface area contributed by atoms with Gasteiger partial charge in [-0.25, -0.2) is 4.98 Å². The first kappa shape index (κ1) is 13.4. The molecule has 2 heterocycles. The Morgan fingerprint density at radius 2 is 2.19 bits per heavy atom. The maximum Gasteiger partial charge on any atom is 0.143 e. The molecule has 1 atom stereocenters. The van der Waals surface area contributed by atoms with Gasteiger partial charge in [-0.15, -0.1) is 0 Å². The summed E-state index contributed by atoms with van der Waals surface area (Å²) in [5.41, 5.74) is 3.33. The molecule has 0 aliphatic carbocycles. The van der Waals surface area contributed by atoms with Crippen molar-refractivity contribution in [1.29, 1.82) is 5.26 Å². The van der Waals surface area contributed by atoms with Crippen LogP contribution in [0.1, 0.15) is 18.1 Å². The molecule has 1 aliphatic rings. The lowest BCUT2D eigenvalue weighted by atomic mass is 10.1. The van der Waals surface area contributed by atoms with Crippen LogP contribution in [0.25, 0.3) is 0 Å². The lowest BCUT2D eigenvalue weighted by Crippen LogP contribution is -2.33. The molecule has 1 aliphatic heterocycles. The van der Waals surface area contributed by atoms with E-state index in [1.54, 1.807) is 18.3 Å². The molecule has 4 heteroatoms. The predicted molar refractivity (Wildman–Crippen MR) is 84.4 cm³/mol. The highest BCUT2D eigenvalue weighted by Gasteiger charge is 2.24. The van der Waals surface area contributed by atoms with Crippen LogP contribution in [0.15, 0.2) is 42.6 Å². The molecule has 1 aromatic carbocycles. The summed E-state index contributed by atoms with van der Waals surface area (Å²) in [6.07, 6.45) is 2.81. The minimum absolute atomic E-state index is 0.517. The number of rotatable bonds is 4. The largest absolute Gasteiger partial charge is 0.367 e. The number of nitrogens with zero attached hydrogens (tertiary/aromatic N) is 3. The first-order chi connectivity index (χ1) is 10.3. The molecule has 0 saturated carbocycles. The van der Waals surface area contributed by atoms with Gasteiger partial charge in [0.1, 0.15) is 11.9 Å². The third kappa shape index (κ3) is 2.68. The molecule has 4 nitrogen and oxygen atoms in total. The number of nitriles is 1. The summed E-state index contributed by atoms with van der Waals surface area (Å²) in [6, 6.07) is 14.8. The molecule has 0 radical (unpaired) electrons. The zero-order valence-electron chi connectivity index (χ0n) is 12.1. The van der Waals surface area contributed by atoms with Crippen molar-refractivity contribution in [3.63, 3.8) is 0 Å². The molecule has 3 rings (SSSR count). The Bertz CT molecular complexity index is 674. The van der Waals surface area contributed by atoms with Crippen molar-refractivity contribution in [2.24, 2.45) is 0 Å². The van der Waals surface area contributed by atoms with E-state index in [9.17, 15) is 0 Å². The first-order valence-electron chi connectivity index (χ1n) is 7.23. The zero-order valence-corrected chi connectivity index (χ0v) is 12.1. The van der Waals surface area contributed by atoms with Gasteiger partial charge in [-0.05, 0) is 37.1 Å². The van der Waals surface area contributed by atoms with Crippen molar-refractivity contribution in [2.75, 3.05) is 23.3 Å². The van der Waals surface area contributed by atoms with E-state index in [1.165, 1.54) is 11.3 Å². The van der Waals surface area contributed by atoms with Gasteiger partial charge in [0.15, 0.2) is 0 Å². The van der Waals surface area contributed by atoms with Crippen molar-refractivity contribution < 1.29 is 0 Å². The van der Waals surface area contributed by atoms with E-state index in [-0.39, 0.29) is 0 Å².